The van der Waals surface area contributed by atoms with Crippen LogP contribution in [0.5, 0.6) is 5.75 Å². The van der Waals surface area contributed by atoms with E-state index in [1.54, 1.807) is 19.6 Å². The molecule has 2 rings (SSSR count). The zero-order valence-electron chi connectivity index (χ0n) is 6.98. The lowest BCUT2D eigenvalue weighted by Gasteiger charge is -1.97. The summed E-state index contributed by atoms with van der Waals surface area (Å²) in [5, 5.41) is 0. The molecule has 0 fully saturated rings. The van der Waals surface area contributed by atoms with Gasteiger partial charge in [-0.25, -0.2) is 9.97 Å². The zero-order chi connectivity index (χ0) is 8.55. The van der Waals surface area contributed by atoms with Gasteiger partial charge in [0.05, 0.1) is 19.6 Å². The Morgan fingerprint density at radius 3 is 3.00 bits per heavy atom. The Bertz CT molecular complexity index is 408. The van der Waals surface area contributed by atoms with Crippen molar-refractivity contribution in [3.05, 3.63) is 18.6 Å². The first kappa shape index (κ1) is 7.09. The van der Waals surface area contributed by atoms with Gasteiger partial charge in [0, 0.05) is 13.1 Å². The Balaban J connectivity index is 2.69. The third-order valence-corrected chi connectivity index (χ3v) is 1.76. The van der Waals surface area contributed by atoms with Gasteiger partial charge in [0.1, 0.15) is 11.3 Å². The van der Waals surface area contributed by atoms with Gasteiger partial charge in [0.25, 0.3) is 0 Å². The molecule has 0 atom stereocenters. The second-order valence-corrected chi connectivity index (χ2v) is 2.57. The summed E-state index contributed by atoms with van der Waals surface area (Å²) in [5.74, 6) is 0.737. The van der Waals surface area contributed by atoms with E-state index in [4.69, 9.17) is 4.74 Å². The molecule has 12 heavy (non-hydrogen) atoms. The Labute approximate surface area is 69.8 Å². The highest BCUT2D eigenvalue weighted by Crippen LogP contribution is 2.15. The number of nitrogens with zero attached hydrogens (tertiary/aromatic N) is 3. The number of fused-ring (bicyclic) bond motifs is 1. The number of aromatic nitrogens is 3. The fourth-order valence-electron chi connectivity index (χ4n) is 1.11. The van der Waals surface area contributed by atoms with Crippen LogP contribution in [0.25, 0.3) is 11.2 Å². The fraction of sp³-hybridized carbons (Fsp3) is 0.250. The number of pyridine rings is 1. The van der Waals surface area contributed by atoms with Crippen LogP contribution in [0.3, 0.4) is 0 Å². The molecule has 0 aliphatic rings. The van der Waals surface area contributed by atoms with Crippen LogP contribution in [0.1, 0.15) is 0 Å². The van der Waals surface area contributed by atoms with Crippen molar-refractivity contribution in [3.63, 3.8) is 0 Å². The Hall–Kier alpha value is -1.58. The summed E-state index contributed by atoms with van der Waals surface area (Å²) in [6, 6.07) is 1.86. The summed E-state index contributed by atoms with van der Waals surface area (Å²) >= 11 is 0. The van der Waals surface area contributed by atoms with Crippen LogP contribution >= 0.6 is 0 Å². The maximum Gasteiger partial charge on any atom is 0.159 e. The van der Waals surface area contributed by atoms with Gasteiger partial charge in [-0.2, -0.15) is 0 Å². The predicted octanol–water partition coefficient (Wildman–Crippen LogP) is 0.977. The number of ether oxygens (including phenoxy) is 1. The Morgan fingerprint density at radius 1 is 1.42 bits per heavy atom. The van der Waals surface area contributed by atoms with E-state index in [-0.39, 0.29) is 0 Å². The van der Waals surface area contributed by atoms with Gasteiger partial charge in [0.15, 0.2) is 5.65 Å². The lowest BCUT2D eigenvalue weighted by atomic mass is 10.4. The van der Waals surface area contributed by atoms with Crippen molar-refractivity contribution in [2.45, 2.75) is 0 Å². The smallest absolute Gasteiger partial charge is 0.159 e. The molecule has 0 saturated carbocycles. The van der Waals surface area contributed by atoms with Crippen molar-refractivity contribution >= 4 is 11.2 Å². The van der Waals surface area contributed by atoms with Crippen LogP contribution in [-0.4, -0.2) is 21.6 Å². The largest absolute Gasteiger partial charge is 0.495 e. The number of imidazole rings is 1. The van der Waals surface area contributed by atoms with Crippen LogP contribution in [-0.2, 0) is 7.05 Å². The lowest BCUT2D eigenvalue weighted by Crippen LogP contribution is -1.88. The van der Waals surface area contributed by atoms with E-state index in [2.05, 4.69) is 9.97 Å². The number of hydrogen-bond donors (Lipinski definition) is 0. The topological polar surface area (TPSA) is 39.9 Å². The summed E-state index contributed by atoms with van der Waals surface area (Å²) in [4.78, 5) is 8.33. The first-order valence-electron chi connectivity index (χ1n) is 3.62. The monoisotopic (exact) mass is 163 g/mol. The van der Waals surface area contributed by atoms with E-state index in [0.717, 1.165) is 16.9 Å². The average molecular weight is 163 g/mol. The second-order valence-electron chi connectivity index (χ2n) is 2.57. The molecule has 2 aromatic heterocycles. The van der Waals surface area contributed by atoms with Gasteiger partial charge < -0.3 is 9.30 Å². The van der Waals surface area contributed by atoms with E-state index in [9.17, 15) is 0 Å². The zero-order valence-corrected chi connectivity index (χ0v) is 6.98. The van der Waals surface area contributed by atoms with Crippen molar-refractivity contribution < 1.29 is 4.74 Å². The fourth-order valence-corrected chi connectivity index (χ4v) is 1.11. The Morgan fingerprint density at radius 2 is 2.25 bits per heavy atom. The van der Waals surface area contributed by atoms with Crippen molar-refractivity contribution in [2.75, 3.05) is 7.11 Å². The number of methoxy groups -OCH3 is 1. The number of aryl methyl sites for hydroxylation is 1. The molecule has 0 aromatic carbocycles. The summed E-state index contributed by atoms with van der Waals surface area (Å²) in [6.07, 6.45) is 3.42. The van der Waals surface area contributed by atoms with E-state index in [1.807, 2.05) is 17.7 Å². The van der Waals surface area contributed by atoms with Crippen molar-refractivity contribution in [1.29, 1.82) is 0 Å². The van der Waals surface area contributed by atoms with Crippen LogP contribution in [0, 0.1) is 0 Å². The van der Waals surface area contributed by atoms with Gasteiger partial charge in [-0.05, 0) is 0 Å². The summed E-state index contributed by atoms with van der Waals surface area (Å²) < 4.78 is 6.89. The Kier molecular flexibility index (Phi) is 1.46. The van der Waals surface area contributed by atoms with Gasteiger partial charge in [-0.3, -0.25) is 0 Å². The van der Waals surface area contributed by atoms with E-state index in [1.165, 1.54) is 0 Å². The minimum absolute atomic E-state index is 0.737. The highest BCUT2D eigenvalue weighted by molar-refractivity contribution is 5.71. The van der Waals surface area contributed by atoms with E-state index < -0.39 is 0 Å². The molecule has 0 bridgehead atoms. The molecule has 0 unspecified atom stereocenters. The van der Waals surface area contributed by atoms with Crippen LogP contribution in [0.15, 0.2) is 18.6 Å². The van der Waals surface area contributed by atoms with Gasteiger partial charge >= 0.3 is 0 Å². The quantitative estimate of drug-likeness (QED) is 0.629. The molecule has 0 aliphatic heterocycles. The van der Waals surface area contributed by atoms with Gasteiger partial charge in [-0.15, -0.1) is 0 Å². The summed E-state index contributed by atoms with van der Waals surface area (Å²) in [5.41, 5.74) is 1.73. The predicted molar refractivity (Wildman–Crippen MR) is 45.1 cm³/mol. The first-order valence-corrected chi connectivity index (χ1v) is 3.62. The highest BCUT2D eigenvalue weighted by Gasteiger charge is 2.01. The SMILES string of the molecule is COc1cnc2c(c1)ncn2C. The maximum absolute atomic E-state index is 5.02. The van der Waals surface area contributed by atoms with Gasteiger partial charge in [0.2, 0.25) is 0 Å². The summed E-state index contributed by atoms with van der Waals surface area (Å²) in [7, 11) is 3.53. The number of rotatable bonds is 1. The summed E-state index contributed by atoms with van der Waals surface area (Å²) in [6.45, 7) is 0. The van der Waals surface area contributed by atoms with E-state index in [0.29, 0.717) is 0 Å². The lowest BCUT2D eigenvalue weighted by molar-refractivity contribution is 0.413. The van der Waals surface area contributed by atoms with E-state index >= 15 is 0 Å². The molecule has 0 amide bonds. The van der Waals surface area contributed by atoms with Crippen molar-refractivity contribution in [2.24, 2.45) is 7.05 Å². The molecule has 2 heterocycles. The standard InChI is InChI=1S/C8H9N3O/c1-11-5-10-7-3-6(12-2)4-9-8(7)11/h3-5H,1-2H3. The average Bonchev–Trinajstić information content (AvgIpc) is 2.47. The molecule has 0 spiro atoms. The third kappa shape index (κ3) is 0.922. The molecule has 62 valence electrons. The third-order valence-electron chi connectivity index (χ3n) is 1.76. The molecule has 0 N–H and O–H groups in total. The normalized spacial score (nSPS) is 10.5. The number of hydrogen-bond acceptors (Lipinski definition) is 3. The van der Waals surface area contributed by atoms with Gasteiger partial charge in [-0.1, -0.05) is 0 Å². The molecule has 0 radical (unpaired) electrons. The molecule has 0 aliphatic carbocycles. The highest BCUT2D eigenvalue weighted by atomic mass is 16.5. The minimum atomic E-state index is 0.737. The van der Waals surface area contributed by atoms with Crippen LogP contribution < -0.4 is 4.74 Å². The molecule has 0 saturated heterocycles. The molecular weight excluding hydrogens is 154 g/mol. The van der Waals surface area contributed by atoms with Crippen molar-refractivity contribution in [1.82, 2.24) is 14.5 Å². The first-order chi connectivity index (χ1) is 5.81. The molecule has 2 aromatic rings. The van der Waals surface area contributed by atoms with Crippen LogP contribution in [0.4, 0.5) is 0 Å². The van der Waals surface area contributed by atoms with Crippen molar-refractivity contribution in [3.8, 4) is 5.75 Å². The minimum Gasteiger partial charge on any atom is -0.495 e. The van der Waals surface area contributed by atoms with Crippen LogP contribution in [0.2, 0.25) is 0 Å². The maximum atomic E-state index is 5.02. The molecule has 4 nitrogen and oxygen atoms in total. The second kappa shape index (κ2) is 2.48. The molecule has 4 heteroatoms. The molecular formula is C8H9N3O.